The molecule has 4 nitrogen and oxygen atoms in total. The average Bonchev–Trinajstić information content (AvgIpc) is 2.87. The summed E-state index contributed by atoms with van der Waals surface area (Å²) in [5.74, 6) is -0.0467. The zero-order valence-corrected chi connectivity index (χ0v) is 14.0. The number of aromatic nitrogens is 1. The van der Waals surface area contributed by atoms with E-state index >= 15 is 0 Å². The van der Waals surface area contributed by atoms with E-state index in [1.807, 2.05) is 6.07 Å². The molecule has 4 rings (SSSR count). The molecule has 0 amide bonds. The molecule has 0 unspecified atom stereocenters. The van der Waals surface area contributed by atoms with Gasteiger partial charge in [0.25, 0.3) is 0 Å². The minimum absolute atomic E-state index is 0.235. The van der Waals surface area contributed by atoms with Gasteiger partial charge in [-0.25, -0.2) is 4.39 Å². The molecule has 3 aromatic rings. The first-order chi connectivity index (χ1) is 12.2. The molecule has 130 valence electrons. The zero-order chi connectivity index (χ0) is 17.2. The van der Waals surface area contributed by atoms with Crippen LogP contribution in [0, 0.1) is 5.82 Å². The van der Waals surface area contributed by atoms with Crippen LogP contribution in [0.3, 0.4) is 0 Å². The molecule has 1 aliphatic heterocycles. The number of benzene rings is 2. The number of hydrogen-bond acceptors (Lipinski definition) is 4. The highest BCUT2D eigenvalue weighted by Crippen LogP contribution is 2.35. The number of nitrogens with zero attached hydrogens (tertiary/aromatic N) is 2. The van der Waals surface area contributed by atoms with Gasteiger partial charge in [0.15, 0.2) is 5.58 Å². The van der Waals surface area contributed by atoms with Gasteiger partial charge in [-0.05, 0) is 62.3 Å². The fourth-order valence-electron chi connectivity index (χ4n) is 3.54. The van der Waals surface area contributed by atoms with Crippen molar-refractivity contribution in [1.29, 1.82) is 0 Å². The van der Waals surface area contributed by atoms with Crippen molar-refractivity contribution in [3.8, 4) is 17.0 Å². The molecule has 1 fully saturated rings. The van der Waals surface area contributed by atoms with Crippen LogP contribution in [0.15, 0.2) is 40.9 Å². The lowest BCUT2D eigenvalue weighted by Crippen LogP contribution is -2.24. The quantitative estimate of drug-likeness (QED) is 0.750. The molecule has 2 aromatic carbocycles. The minimum atomic E-state index is -0.281. The van der Waals surface area contributed by atoms with Crippen molar-refractivity contribution in [3.63, 3.8) is 0 Å². The van der Waals surface area contributed by atoms with Gasteiger partial charge in [0.2, 0.25) is 0 Å². The minimum Gasteiger partial charge on any atom is -0.507 e. The second-order valence-corrected chi connectivity index (χ2v) is 6.67. The fraction of sp³-hybridized carbons (Fsp3) is 0.350. The van der Waals surface area contributed by atoms with Gasteiger partial charge in [0.1, 0.15) is 17.3 Å². The van der Waals surface area contributed by atoms with Crippen LogP contribution in [-0.4, -0.2) is 28.3 Å². The van der Waals surface area contributed by atoms with Crippen molar-refractivity contribution in [2.24, 2.45) is 0 Å². The third kappa shape index (κ3) is 3.24. The van der Waals surface area contributed by atoms with Crippen LogP contribution in [0.5, 0.6) is 5.75 Å². The maximum atomic E-state index is 13.2. The number of fused-ring (bicyclic) bond motifs is 1. The van der Waals surface area contributed by atoms with Gasteiger partial charge < -0.3 is 9.63 Å². The summed E-state index contributed by atoms with van der Waals surface area (Å²) in [5.41, 5.74) is 2.86. The lowest BCUT2D eigenvalue weighted by atomic mass is 10.0. The Bertz CT molecular complexity index is 865. The van der Waals surface area contributed by atoms with Crippen LogP contribution < -0.4 is 0 Å². The molecule has 1 aromatic heterocycles. The van der Waals surface area contributed by atoms with E-state index in [0.717, 1.165) is 29.6 Å². The molecule has 0 aliphatic carbocycles. The molecule has 1 aliphatic rings. The number of phenols is 1. The normalized spacial score (nSPS) is 16.2. The Morgan fingerprint density at radius 1 is 1.00 bits per heavy atom. The predicted octanol–water partition coefficient (Wildman–Crippen LogP) is 4.72. The van der Waals surface area contributed by atoms with Gasteiger partial charge in [0, 0.05) is 12.1 Å². The zero-order valence-electron chi connectivity index (χ0n) is 14.0. The van der Waals surface area contributed by atoms with Crippen LogP contribution in [0.4, 0.5) is 4.39 Å². The van der Waals surface area contributed by atoms with Gasteiger partial charge >= 0.3 is 0 Å². The van der Waals surface area contributed by atoms with Crippen LogP contribution in [-0.2, 0) is 6.54 Å². The van der Waals surface area contributed by atoms with E-state index in [1.165, 1.54) is 37.8 Å². The van der Waals surface area contributed by atoms with Crippen LogP contribution in [0.2, 0.25) is 0 Å². The molecule has 0 radical (unpaired) electrons. The summed E-state index contributed by atoms with van der Waals surface area (Å²) in [6, 6.07) is 9.70. The second kappa shape index (κ2) is 6.84. The fourth-order valence-corrected chi connectivity index (χ4v) is 3.54. The van der Waals surface area contributed by atoms with Crippen molar-refractivity contribution in [3.05, 3.63) is 47.8 Å². The van der Waals surface area contributed by atoms with Gasteiger partial charge in [-0.15, -0.1) is 0 Å². The number of likely N-dealkylation sites (tertiary alicyclic amines) is 1. The topological polar surface area (TPSA) is 49.5 Å². The highest BCUT2D eigenvalue weighted by molar-refractivity contribution is 5.94. The summed E-state index contributed by atoms with van der Waals surface area (Å²) in [6.45, 7) is 2.73. The summed E-state index contributed by atoms with van der Waals surface area (Å²) in [6.07, 6.45) is 4.91. The first-order valence-electron chi connectivity index (χ1n) is 8.81. The van der Waals surface area contributed by atoms with Crippen molar-refractivity contribution < 1.29 is 14.0 Å². The van der Waals surface area contributed by atoms with Crippen molar-refractivity contribution in [1.82, 2.24) is 10.1 Å². The van der Waals surface area contributed by atoms with Crippen molar-refractivity contribution >= 4 is 11.0 Å². The van der Waals surface area contributed by atoms with Crippen molar-refractivity contribution in [2.45, 2.75) is 32.2 Å². The Kier molecular flexibility index (Phi) is 4.40. The van der Waals surface area contributed by atoms with E-state index in [9.17, 15) is 9.50 Å². The van der Waals surface area contributed by atoms with Gasteiger partial charge in [0.05, 0.1) is 10.9 Å². The van der Waals surface area contributed by atoms with Crippen LogP contribution in [0.25, 0.3) is 22.2 Å². The Balaban J connectivity index is 1.72. The second-order valence-electron chi connectivity index (χ2n) is 6.67. The molecule has 1 N–H and O–H groups in total. The van der Waals surface area contributed by atoms with Gasteiger partial charge in [-0.3, -0.25) is 4.90 Å². The average molecular weight is 340 g/mol. The number of rotatable bonds is 3. The maximum Gasteiger partial charge on any atom is 0.175 e. The van der Waals surface area contributed by atoms with Crippen LogP contribution >= 0.6 is 0 Å². The van der Waals surface area contributed by atoms with Gasteiger partial charge in [-0.1, -0.05) is 18.0 Å². The Labute approximate surface area is 145 Å². The molecule has 2 heterocycles. The van der Waals surface area contributed by atoms with E-state index in [1.54, 1.807) is 18.2 Å². The first-order valence-corrected chi connectivity index (χ1v) is 8.81. The molecular formula is C20H21FN2O2. The highest BCUT2D eigenvalue weighted by Gasteiger charge is 2.19. The largest absolute Gasteiger partial charge is 0.507 e. The Hall–Kier alpha value is -2.40. The molecule has 5 heteroatoms. The van der Waals surface area contributed by atoms with E-state index in [-0.39, 0.29) is 11.6 Å². The first kappa shape index (κ1) is 16.1. The van der Waals surface area contributed by atoms with Crippen molar-refractivity contribution in [2.75, 3.05) is 13.1 Å². The number of halogens is 1. The third-order valence-corrected chi connectivity index (χ3v) is 4.92. The van der Waals surface area contributed by atoms with Crippen LogP contribution in [0.1, 0.15) is 31.2 Å². The van der Waals surface area contributed by atoms with E-state index in [2.05, 4.69) is 10.1 Å². The van der Waals surface area contributed by atoms with E-state index < -0.39 is 0 Å². The standard InChI is InChI=1S/C20H21FN2O2/c21-15-7-5-14(6-8-15)19-16-9-10-18(24)17(20(16)25-22-19)13-23-11-3-1-2-4-12-23/h5-10,24H,1-4,11-13H2. The van der Waals surface area contributed by atoms with Gasteiger partial charge in [-0.2, -0.15) is 0 Å². The summed E-state index contributed by atoms with van der Waals surface area (Å²) < 4.78 is 18.8. The Morgan fingerprint density at radius 2 is 1.72 bits per heavy atom. The highest BCUT2D eigenvalue weighted by atomic mass is 19.1. The third-order valence-electron chi connectivity index (χ3n) is 4.92. The smallest absolute Gasteiger partial charge is 0.175 e. The Morgan fingerprint density at radius 3 is 2.44 bits per heavy atom. The molecule has 0 saturated carbocycles. The SMILES string of the molecule is Oc1ccc2c(-c3ccc(F)cc3)noc2c1CN1CCCCCC1. The number of aromatic hydroxyl groups is 1. The summed E-state index contributed by atoms with van der Waals surface area (Å²) in [7, 11) is 0. The lowest BCUT2D eigenvalue weighted by Gasteiger charge is -2.20. The van der Waals surface area contributed by atoms with E-state index in [0.29, 0.717) is 17.8 Å². The molecule has 0 spiro atoms. The molecule has 0 bridgehead atoms. The molecule has 25 heavy (non-hydrogen) atoms. The number of hydrogen-bond donors (Lipinski definition) is 1. The number of phenolic OH excluding ortho intramolecular Hbond substituents is 1. The van der Waals surface area contributed by atoms with E-state index in [4.69, 9.17) is 4.52 Å². The molecule has 1 saturated heterocycles. The maximum absolute atomic E-state index is 13.2. The summed E-state index contributed by atoms with van der Waals surface area (Å²) in [5, 5.41) is 15.4. The predicted molar refractivity (Wildman–Crippen MR) is 94.8 cm³/mol. The molecular weight excluding hydrogens is 319 g/mol. The lowest BCUT2D eigenvalue weighted by molar-refractivity contribution is 0.272. The summed E-state index contributed by atoms with van der Waals surface area (Å²) in [4.78, 5) is 2.36. The monoisotopic (exact) mass is 340 g/mol. The summed E-state index contributed by atoms with van der Waals surface area (Å²) >= 11 is 0. The molecule has 0 atom stereocenters.